The summed E-state index contributed by atoms with van der Waals surface area (Å²) < 4.78 is 28.1. The van der Waals surface area contributed by atoms with Gasteiger partial charge in [0.1, 0.15) is 0 Å². The molecule has 1 aliphatic heterocycles. The van der Waals surface area contributed by atoms with E-state index in [1.54, 1.807) is 6.07 Å². The molecular formula is C26H31N3O4S. The number of amides is 1. The number of aromatic nitrogens is 1. The van der Waals surface area contributed by atoms with Gasteiger partial charge in [-0.15, -0.1) is 0 Å². The number of nitrogens with zero attached hydrogens (tertiary/aromatic N) is 1. The molecule has 2 heterocycles. The Kier molecular flexibility index (Phi) is 7.19. The topological polar surface area (TPSA) is 99.3 Å². The van der Waals surface area contributed by atoms with E-state index < -0.39 is 21.5 Å². The highest BCUT2D eigenvalue weighted by Gasteiger charge is 2.29. The summed E-state index contributed by atoms with van der Waals surface area (Å²) in [6, 6.07) is 15.7. The lowest BCUT2D eigenvalue weighted by Crippen LogP contribution is -2.39. The monoisotopic (exact) mass is 481 g/mol. The fourth-order valence-electron chi connectivity index (χ4n) is 4.50. The predicted molar refractivity (Wildman–Crippen MR) is 133 cm³/mol. The predicted octanol–water partition coefficient (Wildman–Crippen LogP) is 3.70. The first-order valence-electron chi connectivity index (χ1n) is 11.8. The van der Waals surface area contributed by atoms with Crippen molar-refractivity contribution in [3.05, 3.63) is 76.1 Å². The number of aryl methyl sites for hydroxylation is 1. The van der Waals surface area contributed by atoms with Gasteiger partial charge in [-0.3, -0.25) is 9.59 Å². The maximum atomic E-state index is 13.3. The average Bonchev–Trinajstić information content (AvgIpc) is 2.82. The minimum Gasteiger partial charge on any atom is -0.350 e. The highest BCUT2D eigenvalue weighted by Crippen LogP contribution is 2.26. The number of rotatable bonds is 7. The Morgan fingerprint density at radius 1 is 1.18 bits per heavy atom. The lowest BCUT2D eigenvalue weighted by atomic mass is 10.0. The van der Waals surface area contributed by atoms with Gasteiger partial charge >= 0.3 is 0 Å². The minimum atomic E-state index is -3.69. The van der Waals surface area contributed by atoms with Gasteiger partial charge in [0.2, 0.25) is 15.6 Å². The molecule has 0 unspecified atom stereocenters. The summed E-state index contributed by atoms with van der Waals surface area (Å²) >= 11 is 0. The van der Waals surface area contributed by atoms with Crippen LogP contribution in [0.2, 0.25) is 0 Å². The van der Waals surface area contributed by atoms with Crippen molar-refractivity contribution in [1.82, 2.24) is 14.6 Å². The van der Waals surface area contributed by atoms with Gasteiger partial charge in [0.15, 0.2) is 0 Å². The molecule has 2 aromatic carbocycles. The number of benzene rings is 2. The van der Waals surface area contributed by atoms with Crippen LogP contribution >= 0.6 is 0 Å². The van der Waals surface area contributed by atoms with Crippen molar-refractivity contribution in [3.8, 4) is 0 Å². The molecule has 34 heavy (non-hydrogen) atoms. The number of fused-ring (bicyclic) bond motifs is 1. The van der Waals surface area contributed by atoms with Crippen LogP contribution in [-0.4, -0.2) is 42.7 Å². The molecule has 0 aliphatic carbocycles. The van der Waals surface area contributed by atoms with Crippen molar-refractivity contribution in [1.29, 1.82) is 0 Å². The molecule has 4 rings (SSSR count). The normalized spacial score (nSPS) is 18.0. The molecule has 3 aromatic rings. The SMILES string of the molecule is C[C@H]1CCCN(S(=O)(=O)c2ccc3[nH]c(=O)cc(C(=O)N[C@@H](C)CCc4ccccc4)c3c2)C1. The molecule has 1 saturated heterocycles. The summed E-state index contributed by atoms with van der Waals surface area (Å²) in [6.07, 6.45) is 3.40. The lowest BCUT2D eigenvalue weighted by molar-refractivity contribution is 0.0940. The standard InChI is InChI=1S/C26H31N3O4S/c1-18-7-6-14-29(17-18)34(32,33)21-12-13-24-22(15-21)23(16-25(30)28-24)26(31)27-19(2)10-11-20-8-4-3-5-9-20/h3-5,8-9,12-13,15-16,18-19H,6-7,10-11,14,17H2,1-2H3,(H,27,31)(H,28,30)/t18-,19-/m0/s1. The van der Waals surface area contributed by atoms with Crippen molar-refractivity contribution >= 4 is 26.8 Å². The van der Waals surface area contributed by atoms with E-state index >= 15 is 0 Å². The van der Waals surface area contributed by atoms with Gasteiger partial charge < -0.3 is 10.3 Å². The van der Waals surface area contributed by atoms with Gasteiger partial charge in [-0.1, -0.05) is 37.3 Å². The Morgan fingerprint density at radius 2 is 1.94 bits per heavy atom. The summed E-state index contributed by atoms with van der Waals surface area (Å²) in [5.74, 6) is -0.0862. The highest BCUT2D eigenvalue weighted by molar-refractivity contribution is 7.89. The Hall–Kier alpha value is -2.97. The summed E-state index contributed by atoms with van der Waals surface area (Å²) in [5, 5.41) is 3.38. The molecule has 0 saturated carbocycles. The average molecular weight is 482 g/mol. The van der Waals surface area contributed by atoms with Crippen LogP contribution in [0.5, 0.6) is 0 Å². The van der Waals surface area contributed by atoms with E-state index in [4.69, 9.17) is 0 Å². The molecule has 0 bridgehead atoms. The largest absolute Gasteiger partial charge is 0.350 e. The molecule has 180 valence electrons. The molecule has 1 fully saturated rings. The van der Waals surface area contributed by atoms with Crippen LogP contribution in [0.15, 0.2) is 64.3 Å². The Bertz CT molecular complexity index is 1340. The van der Waals surface area contributed by atoms with Crippen LogP contribution in [-0.2, 0) is 16.4 Å². The van der Waals surface area contributed by atoms with Gasteiger partial charge in [0.25, 0.3) is 5.91 Å². The van der Waals surface area contributed by atoms with Crippen molar-refractivity contribution in [2.45, 2.75) is 50.5 Å². The third kappa shape index (κ3) is 5.39. The number of sulfonamides is 1. The first-order chi connectivity index (χ1) is 16.2. The van der Waals surface area contributed by atoms with Gasteiger partial charge in [0.05, 0.1) is 10.5 Å². The maximum Gasteiger partial charge on any atom is 0.252 e. The summed E-state index contributed by atoms with van der Waals surface area (Å²) in [5.41, 5.74) is 1.39. The summed E-state index contributed by atoms with van der Waals surface area (Å²) in [7, 11) is -3.69. The number of piperidine rings is 1. The van der Waals surface area contributed by atoms with Gasteiger partial charge in [-0.2, -0.15) is 4.31 Å². The number of hydrogen-bond acceptors (Lipinski definition) is 4. The first kappa shape index (κ1) is 24.2. The molecule has 7 nitrogen and oxygen atoms in total. The first-order valence-corrected chi connectivity index (χ1v) is 13.2. The summed E-state index contributed by atoms with van der Waals surface area (Å²) in [4.78, 5) is 28.2. The second kappa shape index (κ2) is 10.1. The van der Waals surface area contributed by atoms with Crippen LogP contribution < -0.4 is 10.9 Å². The number of nitrogens with one attached hydrogen (secondary N) is 2. The van der Waals surface area contributed by atoms with Crippen molar-refractivity contribution < 1.29 is 13.2 Å². The number of H-pyrrole nitrogens is 1. The van der Waals surface area contributed by atoms with Crippen molar-refractivity contribution in [3.63, 3.8) is 0 Å². The van der Waals surface area contributed by atoms with Crippen molar-refractivity contribution in [2.24, 2.45) is 5.92 Å². The Morgan fingerprint density at radius 3 is 2.68 bits per heavy atom. The minimum absolute atomic E-state index is 0.121. The smallest absolute Gasteiger partial charge is 0.252 e. The zero-order valence-electron chi connectivity index (χ0n) is 19.6. The van der Waals surface area contributed by atoms with Crippen molar-refractivity contribution in [2.75, 3.05) is 13.1 Å². The van der Waals surface area contributed by atoms with Crippen LogP contribution in [0.4, 0.5) is 0 Å². The second-order valence-electron chi connectivity index (χ2n) is 9.26. The van der Waals surface area contributed by atoms with E-state index in [0.29, 0.717) is 29.9 Å². The molecule has 8 heteroatoms. The van der Waals surface area contributed by atoms with E-state index in [0.717, 1.165) is 25.7 Å². The second-order valence-corrected chi connectivity index (χ2v) is 11.2. The molecule has 1 aliphatic rings. The van der Waals surface area contributed by atoms with E-state index in [-0.39, 0.29) is 16.5 Å². The van der Waals surface area contributed by atoms with Crippen LogP contribution in [0, 0.1) is 5.92 Å². The Balaban J connectivity index is 1.59. The van der Waals surface area contributed by atoms with Gasteiger partial charge in [-0.05, 0) is 62.3 Å². The van der Waals surface area contributed by atoms with Crippen LogP contribution in [0.3, 0.4) is 0 Å². The molecule has 0 spiro atoms. The fraction of sp³-hybridized carbons (Fsp3) is 0.385. The van der Waals surface area contributed by atoms with Gasteiger partial charge in [-0.25, -0.2) is 8.42 Å². The van der Waals surface area contributed by atoms with Crippen LogP contribution in [0.25, 0.3) is 10.9 Å². The zero-order chi connectivity index (χ0) is 24.3. The number of aromatic amines is 1. The quantitative estimate of drug-likeness (QED) is 0.537. The van der Waals surface area contributed by atoms with Gasteiger partial charge in [0, 0.05) is 36.1 Å². The highest BCUT2D eigenvalue weighted by atomic mass is 32.2. The lowest BCUT2D eigenvalue weighted by Gasteiger charge is -2.30. The fourth-order valence-corrected chi connectivity index (χ4v) is 6.12. The third-order valence-electron chi connectivity index (χ3n) is 6.40. The molecule has 2 N–H and O–H groups in total. The third-order valence-corrected chi connectivity index (χ3v) is 8.26. The summed E-state index contributed by atoms with van der Waals surface area (Å²) in [6.45, 7) is 4.94. The van der Waals surface area contributed by atoms with E-state index in [1.807, 2.05) is 44.2 Å². The molecular weight excluding hydrogens is 450 g/mol. The van der Waals surface area contributed by atoms with E-state index in [2.05, 4.69) is 10.3 Å². The number of pyridine rings is 1. The molecule has 1 amide bonds. The molecule has 1 aromatic heterocycles. The molecule has 0 radical (unpaired) electrons. The molecule has 2 atom stereocenters. The number of hydrogen-bond donors (Lipinski definition) is 2. The van der Waals surface area contributed by atoms with E-state index in [1.165, 1.54) is 28.1 Å². The maximum absolute atomic E-state index is 13.3. The van der Waals surface area contributed by atoms with E-state index in [9.17, 15) is 18.0 Å². The Labute approximate surface area is 200 Å². The van der Waals surface area contributed by atoms with Crippen LogP contribution in [0.1, 0.15) is 49.0 Å². The number of carbonyl (C=O) groups is 1. The zero-order valence-corrected chi connectivity index (χ0v) is 20.4. The number of carbonyl (C=O) groups excluding carboxylic acids is 1.